The lowest BCUT2D eigenvalue weighted by atomic mass is 10.1. The zero-order chi connectivity index (χ0) is 11.8. The van der Waals surface area contributed by atoms with Gasteiger partial charge in [-0.05, 0) is 12.3 Å². The minimum atomic E-state index is 0.528. The molecule has 1 aliphatic rings. The monoisotopic (exact) mass is 269 g/mol. The first-order valence-corrected chi connectivity index (χ1v) is 7.50. The van der Waals surface area contributed by atoms with Crippen molar-refractivity contribution in [2.75, 3.05) is 18.0 Å². The first-order valence-electron chi connectivity index (χ1n) is 6.08. The van der Waals surface area contributed by atoms with Crippen molar-refractivity contribution in [3.8, 4) is 0 Å². The van der Waals surface area contributed by atoms with Crippen molar-refractivity contribution in [2.24, 2.45) is 5.92 Å². The predicted molar refractivity (Wildman–Crippen MR) is 73.2 cm³/mol. The van der Waals surface area contributed by atoms with Gasteiger partial charge in [-0.3, -0.25) is 4.40 Å². The molecule has 1 aliphatic heterocycles. The maximum atomic E-state index is 6.08. The fraction of sp³-hybridized carbons (Fsp3) is 0.583. The number of nitrogens with zero attached hydrogens (tertiary/aromatic N) is 3. The number of alkyl halides is 1. The predicted octanol–water partition coefficient (Wildman–Crippen LogP) is 3.37. The van der Waals surface area contributed by atoms with E-state index in [1.807, 2.05) is 0 Å². The van der Waals surface area contributed by atoms with E-state index in [9.17, 15) is 0 Å². The Labute approximate surface area is 110 Å². The summed E-state index contributed by atoms with van der Waals surface area (Å²) in [5, 5.41) is 2.06. The number of fused-ring (bicyclic) bond motifs is 1. The van der Waals surface area contributed by atoms with E-state index in [4.69, 9.17) is 16.6 Å². The number of hydrogen-bond donors (Lipinski definition) is 0. The van der Waals surface area contributed by atoms with Crippen LogP contribution in [0.5, 0.6) is 0 Å². The van der Waals surface area contributed by atoms with Gasteiger partial charge in [0.25, 0.3) is 0 Å². The van der Waals surface area contributed by atoms with Gasteiger partial charge in [-0.25, -0.2) is 4.98 Å². The standard InChI is InChI=1S/C12H16ClN3S/c1-2-9-3-4-15(8-9)11-10(7-13)16-5-6-17-12(16)14-11/h5-6,9H,2-4,7-8H2,1H3. The normalized spacial score (nSPS) is 20.6. The van der Waals surface area contributed by atoms with Gasteiger partial charge in [0.15, 0.2) is 10.8 Å². The van der Waals surface area contributed by atoms with Gasteiger partial charge in [0, 0.05) is 24.7 Å². The topological polar surface area (TPSA) is 20.5 Å². The van der Waals surface area contributed by atoms with Crippen molar-refractivity contribution < 1.29 is 0 Å². The molecule has 17 heavy (non-hydrogen) atoms. The highest BCUT2D eigenvalue weighted by atomic mass is 35.5. The van der Waals surface area contributed by atoms with Crippen LogP contribution >= 0.6 is 22.9 Å². The minimum Gasteiger partial charge on any atom is -0.355 e. The largest absolute Gasteiger partial charge is 0.355 e. The summed E-state index contributed by atoms with van der Waals surface area (Å²) < 4.78 is 2.12. The molecule has 0 bridgehead atoms. The smallest absolute Gasteiger partial charge is 0.195 e. The number of imidazole rings is 1. The Morgan fingerprint density at radius 1 is 1.59 bits per heavy atom. The van der Waals surface area contributed by atoms with Crippen LogP contribution in [0.25, 0.3) is 4.96 Å². The average molecular weight is 270 g/mol. The Morgan fingerprint density at radius 2 is 2.47 bits per heavy atom. The van der Waals surface area contributed by atoms with Crippen LogP contribution in [0.2, 0.25) is 0 Å². The van der Waals surface area contributed by atoms with Crippen molar-refractivity contribution in [1.82, 2.24) is 9.38 Å². The van der Waals surface area contributed by atoms with E-state index in [-0.39, 0.29) is 0 Å². The molecule has 0 aliphatic carbocycles. The molecule has 1 saturated heterocycles. The van der Waals surface area contributed by atoms with Gasteiger partial charge in [-0.15, -0.1) is 22.9 Å². The summed E-state index contributed by atoms with van der Waals surface area (Å²) >= 11 is 7.74. The van der Waals surface area contributed by atoms with Gasteiger partial charge in [0.1, 0.15) is 0 Å². The van der Waals surface area contributed by atoms with Gasteiger partial charge in [-0.2, -0.15) is 0 Å². The molecule has 0 aromatic carbocycles. The molecule has 0 saturated carbocycles. The highest BCUT2D eigenvalue weighted by molar-refractivity contribution is 7.15. The Kier molecular flexibility index (Phi) is 3.01. The Hall–Kier alpha value is -0.740. The number of halogens is 1. The summed E-state index contributed by atoms with van der Waals surface area (Å²) in [5.41, 5.74) is 1.14. The van der Waals surface area contributed by atoms with Crippen LogP contribution in [0.3, 0.4) is 0 Å². The van der Waals surface area contributed by atoms with E-state index >= 15 is 0 Å². The van der Waals surface area contributed by atoms with Crippen LogP contribution < -0.4 is 4.90 Å². The quantitative estimate of drug-likeness (QED) is 0.797. The lowest BCUT2D eigenvalue weighted by molar-refractivity contribution is 0.568. The van der Waals surface area contributed by atoms with Gasteiger partial charge in [0.2, 0.25) is 0 Å². The molecule has 3 heterocycles. The molecule has 5 heteroatoms. The zero-order valence-corrected chi connectivity index (χ0v) is 11.5. The Morgan fingerprint density at radius 3 is 3.18 bits per heavy atom. The molecule has 0 radical (unpaired) electrons. The maximum absolute atomic E-state index is 6.08. The first-order chi connectivity index (χ1) is 8.33. The average Bonchev–Trinajstić information content (AvgIpc) is 3.02. The number of rotatable bonds is 3. The summed E-state index contributed by atoms with van der Waals surface area (Å²) in [6.45, 7) is 4.51. The third-order valence-corrected chi connectivity index (χ3v) is 4.64. The number of thiazole rings is 1. The molecule has 0 amide bonds. The molecule has 2 aromatic heterocycles. The van der Waals surface area contributed by atoms with E-state index in [1.165, 1.54) is 12.8 Å². The molecule has 3 rings (SSSR count). The highest BCUT2D eigenvalue weighted by Crippen LogP contribution is 2.30. The second-order valence-electron chi connectivity index (χ2n) is 4.58. The summed E-state index contributed by atoms with van der Waals surface area (Å²) in [7, 11) is 0. The molecule has 1 unspecified atom stereocenters. The van der Waals surface area contributed by atoms with Crippen LogP contribution in [0, 0.1) is 5.92 Å². The van der Waals surface area contributed by atoms with Gasteiger partial charge >= 0.3 is 0 Å². The van der Waals surface area contributed by atoms with Crippen LogP contribution in [-0.4, -0.2) is 22.5 Å². The Bertz CT molecular complexity index is 519. The fourth-order valence-electron chi connectivity index (χ4n) is 2.56. The SMILES string of the molecule is CCC1CCN(c2nc3sccn3c2CCl)C1. The van der Waals surface area contributed by atoms with Crippen LogP contribution in [0.15, 0.2) is 11.6 Å². The minimum absolute atomic E-state index is 0.528. The highest BCUT2D eigenvalue weighted by Gasteiger charge is 2.25. The van der Waals surface area contributed by atoms with Crippen molar-refractivity contribution in [3.63, 3.8) is 0 Å². The number of anilines is 1. The van der Waals surface area contributed by atoms with Crippen molar-refractivity contribution in [2.45, 2.75) is 25.6 Å². The fourth-order valence-corrected chi connectivity index (χ4v) is 3.53. The van der Waals surface area contributed by atoms with Gasteiger partial charge in [-0.1, -0.05) is 13.3 Å². The molecule has 1 atom stereocenters. The van der Waals surface area contributed by atoms with Crippen LogP contribution in [-0.2, 0) is 5.88 Å². The van der Waals surface area contributed by atoms with E-state index in [1.54, 1.807) is 11.3 Å². The summed E-state index contributed by atoms with van der Waals surface area (Å²) in [5.74, 6) is 2.45. The second kappa shape index (κ2) is 4.50. The first kappa shape index (κ1) is 11.4. The number of hydrogen-bond acceptors (Lipinski definition) is 3. The van der Waals surface area contributed by atoms with Crippen molar-refractivity contribution in [1.29, 1.82) is 0 Å². The second-order valence-corrected chi connectivity index (χ2v) is 5.72. The summed E-state index contributed by atoms with van der Waals surface area (Å²) in [6.07, 6.45) is 4.60. The third kappa shape index (κ3) is 1.83. The molecular weight excluding hydrogens is 254 g/mol. The zero-order valence-electron chi connectivity index (χ0n) is 9.90. The third-order valence-electron chi connectivity index (χ3n) is 3.63. The molecular formula is C12H16ClN3S. The summed E-state index contributed by atoms with van der Waals surface area (Å²) in [4.78, 5) is 8.16. The summed E-state index contributed by atoms with van der Waals surface area (Å²) in [6, 6.07) is 0. The molecule has 92 valence electrons. The van der Waals surface area contributed by atoms with Crippen molar-refractivity contribution >= 4 is 33.7 Å². The Balaban J connectivity index is 1.97. The van der Waals surface area contributed by atoms with E-state index in [2.05, 4.69) is 27.8 Å². The van der Waals surface area contributed by atoms with Crippen molar-refractivity contribution in [3.05, 3.63) is 17.3 Å². The van der Waals surface area contributed by atoms with E-state index < -0.39 is 0 Å². The lowest BCUT2D eigenvalue weighted by Crippen LogP contribution is -2.21. The molecule has 1 fully saturated rings. The van der Waals surface area contributed by atoms with Crippen LogP contribution in [0.1, 0.15) is 25.5 Å². The van der Waals surface area contributed by atoms with E-state index in [0.29, 0.717) is 5.88 Å². The van der Waals surface area contributed by atoms with Crippen LogP contribution in [0.4, 0.5) is 5.82 Å². The van der Waals surface area contributed by atoms with E-state index in [0.717, 1.165) is 35.5 Å². The lowest BCUT2D eigenvalue weighted by Gasteiger charge is -2.16. The molecule has 2 aromatic rings. The number of aromatic nitrogens is 2. The maximum Gasteiger partial charge on any atom is 0.195 e. The molecule has 0 N–H and O–H groups in total. The van der Waals surface area contributed by atoms with Gasteiger partial charge in [0.05, 0.1) is 11.6 Å². The molecule has 3 nitrogen and oxygen atoms in total. The molecule has 0 spiro atoms. The van der Waals surface area contributed by atoms with Gasteiger partial charge < -0.3 is 4.90 Å².